The molecule has 4 rings (SSSR count). The molecule has 4 aromatic carbocycles. The number of hydrogen-bond donors (Lipinski definition) is 2. The van der Waals surface area contributed by atoms with Crippen LogP contribution in [0.15, 0.2) is 94.7 Å². The van der Waals surface area contributed by atoms with Crippen LogP contribution >= 0.6 is 0 Å². The Balaban J connectivity index is 0.000000427. The minimum Gasteiger partial charge on any atom is -0.870 e. The van der Waals surface area contributed by atoms with E-state index in [9.17, 15) is 36.2 Å². The zero-order valence-electron chi connectivity index (χ0n) is 37.7. The van der Waals surface area contributed by atoms with Crippen LogP contribution in [0.4, 0.5) is 0 Å². The average molecular weight is 935 g/mol. The van der Waals surface area contributed by atoms with Gasteiger partial charge in [-0.15, -0.1) is 0 Å². The Labute approximate surface area is 408 Å². The first-order chi connectivity index (χ1) is 29.9. The van der Waals surface area contributed by atoms with E-state index in [0.29, 0.717) is 36.3 Å². The molecule has 0 aliphatic rings. The van der Waals surface area contributed by atoms with Crippen molar-refractivity contribution in [2.24, 2.45) is 0 Å². The van der Waals surface area contributed by atoms with Crippen molar-refractivity contribution < 1.29 is 45.6 Å². The Hall–Kier alpha value is -2.84. The molecule has 0 spiro atoms. The number of benzene rings is 4. The van der Waals surface area contributed by atoms with Gasteiger partial charge in [0, 0.05) is 11.1 Å². The fourth-order valence-electron chi connectivity index (χ4n) is 7.51. The first-order valence-corrected chi connectivity index (χ1v) is 25.8. The van der Waals surface area contributed by atoms with Crippen LogP contribution in [-0.4, -0.2) is 68.8 Å². The summed E-state index contributed by atoms with van der Waals surface area (Å²) in [5.74, 6) is 0.387. The van der Waals surface area contributed by atoms with Crippen LogP contribution in [0.3, 0.4) is 0 Å². The van der Waals surface area contributed by atoms with Gasteiger partial charge in [-0.2, -0.15) is 8.42 Å². The topological polar surface area (TPSA) is 173 Å². The third-order valence-electron chi connectivity index (χ3n) is 10.9. The van der Waals surface area contributed by atoms with Crippen molar-refractivity contribution in [3.8, 4) is 34.5 Å². The number of rotatable bonds is 30. The molecule has 0 aliphatic carbocycles. The maximum Gasteiger partial charge on any atom is 2.00 e. The Bertz CT molecular complexity index is 1910. The van der Waals surface area contributed by atoms with Crippen molar-refractivity contribution in [1.82, 2.24) is 0 Å². The van der Waals surface area contributed by atoms with Crippen molar-refractivity contribution in [2.45, 2.75) is 178 Å². The van der Waals surface area contributed by atoms with Gasteiger partial charge < -0.3 is 24.2 Å². The summed E-state index contributed by atoms with van der Waals surface area (Å²) in [5, 5.41) is 22.7. The fraction of sp³-hybridized carbons (Fsp3) is 0.520. The fourth-order valence-corrected chi connectivity index (χ4v) is 8.98. The van der Waals surface area contributed by atoms with Gasteiger partial charge in [-0.1, -0.05) is 190 Å². The predicted molar refractivity (Wildman–Crippen MR) is 251 cm³/mol. The van der Waals surface area contributed by atoms with E-state index in [-0.39, 0.29) is 70.3 Å². The van der Waals surface area contributed by atoms with Gasteiger partial charge in [0.15, 0.2) is 11.5 Å². The van der Waals surface area contributed by atoms with Gasteiger partial charge >= 0.3 is 37.7 Å². The molecule has 2 N–H and O–H groups in total. The second-order valence-corrected chi connectivity index (χ2v) is 18.8. The van der Waals surface area contributed by atoms with Gasteiger partial charge in [-0.25, -0.2) is 8.42 Å². The summed E-state index contributed by atoms with van der Waals surface area (Å²) in [5.41, 5.74) is 0.518. The number of phenolic OH excluding ortho intramolecular Hbond substituents is 1. The molecule has 0 radical (unpaired) electrons. The predicted octanol–water partition coefficient (Wildman–Crippen LogP) is 13.2. The van der Waals surface area contributed by atoms with Crippen LogP contribution in [0.5, 0.6) is 34.5 Å². The standard InChI is InChI=1S/2C25H36O5S.Ca/c2*1-2-3-4-5-6-7-8-9-10-11-15-18-22-24(31(27,28)29)20-19-23(26)25(22)30-21-16-13-12-14-17-21;/h2*12-14,16-17,19-20,26H,2-11,15,18H2,1H3,(H,27,28,29);/q;;+2/p-2. The molecule has 0 heterocycles. The molecule has 0 aromatic heterocycles. The van der Waals surface area contributed by atoms with Crippen LogP contribution < -0.4 is 14.6 Å². The molecule has 0 fully saturated rings. The van der Waals surface area contributed by atoms with Gasteiger partial charge in [0.25, 0.3) is 10.1 Å². The van der Waals surface area contributed by atoms with E-state index < -0.39 is 26.0 Å². The van der Waals surface area contributed by atoms with E-state index >= 15 is 0 Å². The maximum absolute atomic E-state index is 12.4. The summed E-state index contributed by atoms with van der Waals surface area (Å²) >= 11 is 0. The Morgan fingerprint density at radius 2 is 0.825 bits per heavy atom. The van der Waals surface area contributed by atoms with Crippen LogP contribution in [0.1, 0.15) is 166 Å². The smallest absolute Gasteiger partial charge is 0.870 e. The first kappa shape index (κ1) is 56.3. The molecule has 0 aliphatic heterocycles. The summed E-state index contributed by atoms with van der Waals surface area (Å²) in [7, 11) is -9.12. The molecule has 63 heavy (non-hydrogen) atoms. The molecule has 0 saturated heterocycles. The molecule has 0 amide bonds. The van der Waals surface area contributed by atoms with Gasteiger partial charge in [-0.3, -0.25) is 4.55 Å². The largest absolute Gasteiger partial charge is 2.00 e. The minimum atomic E-state index is -4.70. The van der Waals surface area contributed by atoms with Crippen molar-refractivity contribution in [3.05, 3.63) is 96.1 Å². The second-order valence-electron chi connectivity index (χ2n) is 16.1. The van der Waals surface area contributed by atoms with E-state index in [4.69, 9.17) is 9.47 Å². The van der Waals surface area contributed by atoms with Crippen LogP contribution in [0.25, 0.3) is 0 Å². The molecular weight excluding hydrogens is 865 g/mol. The van der Waals surface area contributed by atoms with Crippen molar-refractivity contribution in [2.75, 3.05) is 0 Å². The van der Waals surface area contributed by atoms with Crippen molar-refractivity contribution >= 4 is 58.0 Å². The van der Waals surface area contributed by atoms with Gasteiger partial charge in [0.2, 0.25) is 0 Å². The molecule has 10 nitrogen and oxygen atoms in total. The number of ether oxygens (including phenoxy) is 2. The molecule has 0 atom stereocenters. The zero-order chi connectivity index (χ0) is 45.1. The monoisotopic (exact) mass is 934 g/mol. The third-order valence-corrected chi connectivity index (χ3v) is 12.8. The first-order valence-electron chi connectivity index (χ1n) is 22.9. The Morgan fingerprint density at radius 3 is 1.21 bits per heavy atom. The molecule has 0 bridgehead atoms. The molecule has 344 valence electrons. The molecule has 0 unspecified atom stereocenters. The van der Waals surface area contributed by atoms with Gasteiger partial charge in [0.05, 0.1) is 4.90 Å². The second kappa shape index (κ2) is 31.9. The van der Waals surface area contributed by atoms with Crippen LogP contribution in [-0.2, 0) is 33.1 Å². The van der Waals surface area contributed by atoms with Gasteiger partial charge in [-0.05, 0) is 68.1 Å². The number of unbranched alkanes of at least 4 members (excludes halogenated alkanes) is 20. The summed E-state index contributed by atoms with van der Waals surface area (Å²) in [6.07, 6.45) is 26.6. The SMILES string of the molecule is CCCCCCCCCCCCCc1c(S(=O)(=O)O)ccc(O)c1Oc1ccccc1.CCCCCCCCCCCCCc1c(S(=O)(=O)[O-])ccc([O-])c1Oc1ccccc1.[Ca+2]. The molecular formula is C50H70CaO10S2. The van der Waals surface area contributed by atoms with E-state index in [0.717, 1.165) is 50.7 Å². The quantitative estimate of drug-likeness (QED) is 0.0291. The zero-order valence-corrected chi connectivity index (χ0v) is 41.6. The van der Waals surface area contributed by atoms with Gasteiger partial charge in [0.1, 0.15) is 32.3 Å². The summed E-state index contributed by atoms with van der Waals surface area (Å²) in [6.45, 7) is 4.45. The molecule has 13 heteroatoms. The number of hydrogen-bond acceptors (Lipinski definition) is 9. The van der Waals surface area contributed by atoms with E-state index in [1.807, 2.05) is 12.1 Å². The Morgan fingerprint density at radius 1 is 0.476 bits per heavy atom. The number of para-hydroxylation sites is 2. The molecule has 4 aromatic rings. The Kier molecular flexibility index (Phi) is 28.5. The maximum atomic E-state index is 12.4. The number of phenols is 1. The summed E-state index contributed by atoms with van der Waals surface area (Å²) in [6, 6.07) is 22.3. The van der Waals surface area contributed by atoms with E-state index in [2.05, 4.69) is 13.8 Å². The third kappa shape index (κ3) is 22.3. The van der Waals surface area contributed by atoms with E-state index in [1.54, 1.807) is 48.5 Å². The number of aromatic hydroxyl groups is 1. The molecule has 0 saturated carbocycles. The summed E-state index contributed by atoms with van der Waals surface area (Å²) < 4.78 is 80.2. The van der Waals surface area contributed by atoms with Crippen molar-refractivity contribution in [1.29, 1.82) is 0 Å². The normalized spacial score (nSPS) is 11.4. The van der Waals surface area contributed by atoms with Crippen LogP contribution in [0.2, 0.25) is 0 Å². The van der Waals surface area contributed by atoms with Crippen LogP contribution in [0, 0.1) is 0 Å². The van der Waals surface area contributed by atoms with E-state index in [1.165, 1.54) is 108 Å². The minimum absolute atomic E-state index is 0. The van der Waals surface area contributed by atoms with Crippen molar-refractivity contribution in [3.63, 3.8) is 0 Å². The average Bonchev–Trinajstić information content (AvgIpc) is 3.24. The summed E-state index contributed by atoms with van der Waals surface area (Å²) in [4.78, 5) is -0.562.